The molecule has 1 atom stereocenters. The van der Waals surface area contributed by atoms with Gasteiger partial charge in [0.05, 0.1) is 0 Å². The van der Waals surface area contributed by atoms with Gasteiger partial charge in [-0.3, -0.25) is 4.79 Å². The smallest absolute Gasteiger partial charge is 0.227 e. The molecule has 0 aliphatic carbocycles. The van der Waals surface area contributed by atoms with Gasteiger partial charge >= 0.3 is 0 Å². The van der Waals surface area contributed by atoms with E-state index < -0.39 is 0 Å². The lowest BCUT2D eigenvalue weighted by atomic mass is 9.76. The van der Waals surface area contributed by atoms with Gasteiger partial charge in [-0.2, -0.15) is 0 Å². The van der Waals surface area contributed by atoms with Gasteiger partial charge in [-0.25, -0.2) is 0 Å². The van der Waals surface area contributed by atoms with Gasteiger partial charge in [-0.15, -0.1) is 0 Å². The van der Waals surface area contributed by atoms with Gasteiger partial charge in [-0.05, 0) is 48.8 Å². The van der Waals surface area contributed by atoms with Crippen molar-refractivity contribution in [2.24, 2.45) is 17.1 Å². The fourth-order valence-corrected chi connectivity index (χ4v) is 3.24. The molecule has 2 rings (SSSR count). The third kappa shape index (κ3) is 3.85. The van der Waals surface area contributed by atoms with Crippen molar-refractivity contribution in [2.75, 3.05) is 18.0 Å². The Balaban J connectivity index is 1.96. The van der Waals surface area contributed by atoms with Crippen LogP contribution in [-0.2, 0) is 11.2 Å². The number of anilines is 1. The van der Waals surface area contributed by atoms with E-state index in [0.29, 0.717) is 18.9 Å². The largest absolute Gasteiger partial charge is 0.330 e. The normalized spacial score (nSPS) is 15.9. The molecule has 1 amide bonds. The Morgan fingerprint density at radius 2 is 2.00 bits per heavy atom. The Morgan fingerprint density at radius 1 is 1.29 bits per heavy atom. The monoisotopic (exact) mass is 288 g/mol. The first-order valence-corrected chi connectivity index (χ1v) is 8.02. The summed E-state index contributed by atoms with van der Waals surface area (Å²) in [6.45, 7) is 8.24. The molecule has 0 radical (unpaired) electrons. The lowest BCUT2D eigenvalue weighted by Gasteiger charge is -2.31. The molecular formula is C18H28N2O. The number of nitrogens with zero attached hydrogens (tertiary/aromatic N) is 1. The number of carbonyl (C=O) groups excluding carboxylic acids is 1. The molecule has 3 nitrogen and oxygen atoms in total. The molecule has 0 saturated carbocycles. The first kappa shape index (κ1) is 16.0. The fourth-order valence-electron chi connectivity index (χ4n) is 3.24. The fraction of sp³-hybridized carbons (Fsp3) is 0.611. The summed E-state index contributed by atoms with van der Waals surface area (Å²) in [5.74, 6) is 0.760. The summed E-state index contributed by atoms with van der Waals surface area (Å²) in [4.78, 5) is 14.5. The first-order chi connectivity index (χ1) is 9.93. The van der Waals surface area contributed by atoms with Crippen LogP contribution in [0.25, 0.3) is 0 Å². The second-order valence-corrected chi connectivity index (χ2v) is 7.10. The molecule has 0 saturated heterocycles. The molecule has 0 spiro atoms. The number of para-hydroxylation sites is 1. The van der Waals surface area contributed by atoms with E-state index in [0.717, 1.165) is 31.5 Å². The minimum absolute atomic E-state index is 0.211. The summed E-state index contributed by atoms with van der Waals surface area (Å²) < 4.78 is 0. The zero-order chi connectivity index (χ0) is 15.5. The molecule has 21 heavy (non-hydrogen) atoms. The van der Waals surface area contributed by atoms with Crippen LogP contribution in [0.1, 0.15) is 45.6 Å². The van der Waals surface area contributed by atoms with Crippen molar-refractivity contribution < 1.29 is 4.79 Å². The number of nitrogens with two attached hydrogens (primary N) is 1. The van der Waals surface area contributed by atoms with Gasteiger partial charge in [0.15, 0.2) is 0 Å². The lowest BCUT2D eigenvalue weighted by molar-refractivity contribution is -0.119. The van der Waals surface area contributed by atoms with Crippen LogP contribution >= 0.6 is 0 Å². The minimum Gasteiger partial charge on any atom is -0.330 e. The molecule has 0 aromatic heterocycles. The number of hydrogen-bond acceptors (Lipinski definition) is 2. The van der Waals surface area contributed by atoms with Gasteiger partial charge in [0.25, 0.3) is 0 Å². The van der Waals surface area contributed by atoms with Crippen LogP contribution in [0.5, 0.6) is 0 Å². The van der Waals surface area contributed by atoms with Crippen molar-refractivity contribution in [3.05, 3.63) is 29.8 Å². The zero-order valence-corrected chi connectivity index (χ0v) is 13.6. The van der Waals surface area contributed by atoms with Gasteiger partial charge in [-0.1, -0.05) is 39.0 Å². The minimum atomic E-state index is 0.211. The Kier molecular flexibility index (Phi) is 5.04. The maximum Gasteiger partial charge on any atom is 0.227 e. The van der Waals surface area contributed by atoms with Crippen LogP contribution in [-0.4, -0.2) is 19.0 Å². The van der Waals surface area contributed by atoms with Gasteiger partial charge < -0.3 is 10.6 Å². The highest BCUT2D eigenvalue weighted by molar-refractivity contribution is 5.95. The van der Waals surface area contributed by atoms with E-state index in [4.69, 9.17) is 5.73 Å². The third-order valence-corrected chi connectivity index (χ3v) is 4.63. The molecular weight excluding hydrogens is 260 g/mol. The van der Waals surface area contributed by atoms with E-state index in [1.165, 1.54) is 5.56 Å². The predicted molar refractivity (Wildman–Crippen MR) is 88.3 cm³/mol. The summed E-state index contributed by atoms with van der Waals surface area (Å²) in [5.41, 5.74) is 8.33. The molecule has 2 N–H and O–H groups in total. The van der Waals surface area contributed by atoms with Crippen molar-refractivity contribution in [2.45, 2.75) is 46.5 Å². The summed E-state index contributed by atoms with van der Waals surface area (Å²) in [6.07, 6.45) is 3.52. The Morgan fingerprint density at radius 3 is 2.67 bits per heavy atom. The van der Waals surface area contributed by atoms with Gasteiger partial charge in [0, 0.05) is 18.7 Å². The SMILES string of the molecule is CC(C)(C)C(CCN)CCC(=O)N1CCc2ccccc21. The van der Waals surface area contributed by atoms with Crippen LogP contribution < -0.4 is 10.6 Å². The first-order valence-electron chi connectivity index (χ1n) is 8.02. The van der Waals surface area contributed by atoms with Crippen LogP contribution in [0, 0.1) is 11.3 Å². The van der Waals surface area contributed by atoms with E-state index in [1.807, 2.05) is 17.0 Å². The van der Waals surface area contributed by atoms with Crippen molar-refractivity contribution in [1.29, 1.82) is 0 Å². The van der Waals surface area contributed by atoms with Crippen molar-refractivity contribution in [3.63, 3.8) is 0 Å². The predicted octanol–water partition coefficient (Wildman–Crippen LogP) is 3.37. The molecule has 0 bridgehead atoms. The summed E-state index contributed by atoms with van der Waals surface area (Å²) in [5, 5.41) is 0. The average Bonchev–Trinajstić information content (AvgIpc) is 2.85. The van der Waals surface area contributed by atoms with Crippen LogP contribution in [0.2, 0.25) is 0 Å². The van der Waals surface area contributed by atoms with E-state index >= 15 is 0 Å². The molecule has 1 heterocycles. The molecule has 1 aliphatic heterocycles. The van der Waals surface area contributed by atoms with E-state index in [2.05, 4.69) is 32.9 Å². The highest BCUT2D eigenvalue weighted by atomic mass is 16.2. The van der Waals surface area contributed by atoms with Crippen molar-refractivity contribution in [1.82, 2.24) is 0 Å². The maximum absolute atomic E-state index is 12.5. The standard InChI is InChI=1S/C18H28N2O/c1-18(2,3)15(10-12-19)8-9-17(21)20-13-11-14-6-4-5-7-16(14)20/h4-7,15H,8-13,19H2,1-3H3. The molecule has 1 aromatic rings. The number of amides is 1. The zero-order valence-electron chi connectivity index (χ0n) is 13.6. The highest BCUT2D eigenvalue weighted by Crippen LogP contribution is 2.33. The number of hydrogen-bond donors (Lipinski definition) is 1. The van der Waals surface area contributed by atoms with Gasteiger partial charge in [0.1, 0.15) is 0 Å². The summed E-state index contributed by atoms with van der Waals surface area (Å²) in [7, 11) is 0. The van der Waals surface area contributed by atoms with Crippen molar-refractivity contribution >= 4 is 11.6 Å². The van der Waals surface area contributed by atoms with E-state index in [9.17, 15) is 4.79 Å². The quantitative estimate of drug-likeness (QED) is 0.903. The van der Waals surface area contributed by atoms with Gasteiger partial charge in [0.2, 0.25) is 5.91 Å². The number of benzene rings is 1. The number of carbonyl (C=O) groups is 1. The number of rotatable bonds is 5. The molecule has 3 heteroatoms. The van der Waals surface area contributed by atoms with Crippen molar-refractivity contribution in [3.8, 4) is 0 Å². The third-order valence-electron chi connectivity index (χ3n) is 4.63. The second-order valence-electron chi connectivity index (χ2n) is 7.10. The molecule has 1 unspecified atom stereocenters. The molecule has 1 aliphatic rings. The topological polar surface area (TPSA) is 46.3 Å². The summed E-state index contributed by atoms with van der Waals surface area (Å²) in [6, 6.07) is 8.23. The van der Waals surface area contributed by atoms with Crippen LogP contribution in [0.3, 0.4) is 0 Å². The van der Waals surface area contributed by atoms with E-state index in [-0.39, 0.29) is 11.3 Å². The van der Waals surface area contributed by atoms with Crippen LogP contribution in [0.4, 0.5) is 5.69 Å². The van der Waals surface area contributed by atoms with E-state index in [1.54, 1.807) is 0 Å². The Labute approximate surface area is 128 Å². The average molecular weight is 288 g/mol. The van der Waals surface area contributed by atoms with Crippen LogP contribution in [0.15, 0.2) is 24.3 Å². The molecule has 1 aromatic carbocycles. The lowest BCUT2D eigenvalue weighted by Crippen LogP contribution is -2.31. The summed E-state index contributed by atoms with van der Waals surface area (Å²) >= 11 is 0. The molecule has 0 fully saturated rings. The Hall–Kier alpha value is -1.35. The number of fused-ring (bicyclic) bond motifs is 1. The highest BCUT2D eigenvalue weighted by Gasteiger charge is 2.27. The second kappa shape index (κ2) is 6.61. The Bertz CT molecular complexity index is 490. The maximum atomic E-state index is 12.5. The molecule has 116 valence electrons.